The molecule has 0 bridgehead atoms. The van der Waals surface area contributed by atoms with Crippen molar-refractivity contribution in [3.63, 3.8) is 0 Å². The van der Waals surface area contributed by atoms with Gasteiger partial charge in [0.2, 0.25) is 17.8 Å². The zero-order valence-corrected chi connectivity index (χ0v) is 22.0. The van der Waals surface area contributed by atoms with Crippen LogP contribution in [0, 0.1) is 17.3 Å². The third kappa shape index (κ3) is 6.72. The zero-order chi connectivity index (χ0) is 24.8. The van der Waals surface area contributed by atoms with Crippen LogP contribution in [0.4, 0.5) is 34.9 Å². The minimum atomic E-state index is -0.471. The van der Waals surface area contributed by atoms with Gasteiger partial charge in [-0.1, -0.05) is 18.2 Å². The first-order valence-electron chi connectivity index (χ1n) is 9.94. The van der Waals surface area contributed by atoms with E-state index in [0.29, 0.717) is 14.8 Å². The number of nitrogens with one attached hydrogen (secondary N) is 3. The number of nitro groups is 1. The van der Waals surface area contributed by atoms with Crippen molar-refractivity contribution < 1.29 is 10.0 Å². The highest BCUT2D eigenvalue weighted by atomic mass is 127. The Balaban J connectivity index is 1.60. The predicted molar refractivity (Wildman–Crippen MR) is 151 cm³/mol. The number of anilines is 5. The molecule has 4 N–H and O–H groups in total. The molecule has 0 atom stereocenters. The lowest BCUT2D eigenvalue weighted by molar-refractivity contribution is -0.384. The molecule has 0 fully saturated rings. The third-order valence-corrected chi connectivity index (χ3v) is 5.87. The number of rotatable bonds is 8. The van der Waals surface area contributed by atoms with Gasteiger partial charge in [0.1, 0.15) is 5.75 Å². The van der Waals surface area contributed by atoms with Crippen LogP contribution >= 0.6 is 45.2 Å². The predicted octanol–water partition coefficient (Wildman–Crippen LogP) is 5.63. The SMILES string of the molecule is O=[N+]([O-])c1ccc(Nc2nc(N/N=C\c3cc(I)cc(I)c3O)nc(Nc3ccccc3)n2)cc1. The topological polar surface area (TPSA) is 150 Å². The maximum atomic E-state index is 10.9. The largest absolute Gasteiger partial charge is 0.506 e. The quantitative estimate of drug-likeness (QED) is 0.0797. The monoisotopic (exact) mass is 694 g/mol. The van der Waals surface area contributed by atoms with Gasteiger partial charge in [0.05, 0.1) is 14.7 Å². The summed E-state index contributed by atoms with van der Waals surface area (Å²) in [6, 6.07) is 18.9. The van der Waals surface area contributed by atoms with E-state index in [-0.39, 0.29) is 29.3 Å². The van der Waals surface area contributed by atoms with Crippen LogP contribution in [0.1, 0.15) is 5.56 Å². The Morgan fingerprint density at radius 1 is 0.886 bits per heavy atom. The lowest BCUT2D eigenvalue weighted by Crippen LogP contribution is -2.07. The summed E-state index contributed by atoms with van der Waals surface area (Å²) >= 11 is 4.21. The molecule has 3 aromatic carbocycles. The molecule has 0 aliphatic heterocycles. The van der Waals surface area contributed by atoms with Gasteiger partial charge >= 0.3 is 0 Å². The minimum Gasteiger partial charge on any atom is -0.506 e. The fourth-order valence-electron chi connectivity index (χ4n) is 2.83. The van der Waals surface area contributed by atoms with Crippen LogP contribution in [0.5, 0.6) is 5.75 Å². The number of nitro benzene ring substituents is 1. The molecule has 0 aliphatic rings. The Bertz CT molecular complexity index is 1390. The maximum Gasteiger partial charge on any atom is 0.269 e. The minimum absolute atomic E-state index is 0.0252. The Kier molecular flexibility index (Phi) is 7.86. The lowest BCUT2D eigenvalue weighted by Gasteiger charge is -2.10. The van der Waals surface area contributed by atoms with Crippen molar-refractivity contribution >= 4 is 86.3 Å². The van der Waals surface area contributed by atoms with Crippen LogP contribution in [0.25, 0.3) is 0 Å². The van der Waals surface area contributed by atoms with Gasteiger partial charge in [0, 0.05) is 32.6 Å². The molecule has 0 unspecified atom stereocenters. The average Bonchev–Trinajstić information content (AvgIpc) is 2.83. The maximum absolute atomic E-state index is 10.9. The van der Waals surface area contributed by atoms with Gasteiger partial charge < -0.3 is 15.7 Å². The van der Waals surface area contributed by atoms with Crippen LogP contribution < -0.4 is 16.1 Å². The van der Waals surface area contributed by atoms with E-state index in [1.807, 2.05) is 36.4 Å². The van der Waals surface area contributed by atoms with Crippen molar-refractivity contribution in [3.8, 4) is 5.75 Å². The van der Waals surface area contributed by atoms with E-state index in [1.54, 1.807) is 18.2 Å². The molecule has 11 nitrogen and oxygen atoms in total. The number of aromatic nitrogens is 3. The molecule has 4 rings (SSSR count). The van der Waals surface area contributed by atoms with Crippen molar-refractivity contribution in [1.82, 2.24) is 15.0 Å². The summed E-state index contributed by atoms with van der Waals surface area (Å²) in [5.74, 6) is 0.703. The molecule has 0 saturated carbocycles. The fraction of sp³-hybridized carbons (Fsp3) is 0. The fourth-order valence-corrected chi connectivity index (χ4v) is 4.72. The van der Waals surface area contributed by atoms with Crippen LogP contribution in [0.3, 0.4) is 0 Å². The van der Waals surface area contributed by atoms with E-state index in [4.69, 9.17) is 0 Å². The molecule has 0 amide bonds. The second-order valence-electron chi connectivity index (χ2n) is 6.92. The van der Waals surface area contributed by atoms with Crippen molar-refractivity contribution in [2.24, 2.45) is 5.10 Å². The van der Waals surface area contributed by atoms with Gasteiger partial charge in [-0.25, -0.2) is 5.43 Å². The van der Waals surface area contributed by atoms with Gasteiger partial charge in [-0.2, -0.15) is 20.1 Å². The van der Waals surface area contributed by atoms with E-state index in [2.05, 4.69) is 81.3 Å². The molecule has 176 valence electrons. The van der Waals surface area contributed by atoms with E-state index < -0.39 is 4.92 Å². The highest BCUT2D eigenvalue weighted by molar-refractivity contribution is 14.1. The van der Waals surface area contributed by atoms with Crippen molar-refractivity contribution in [2.75, 3.05) is 16.1 Å². The summed E-state index contributed by atoms with van der Waals surface area (Å²) in [6.07, 6.45) is 1.47. The van der Waals surface area contributed by atoms with Gasteiger partial charge in [-0.3, -0.25) is 10.1 Å². The van der Waals surface area contributed by atoms with Crippen LogP contribution in [-0.4, -0.2) is 31.2 Å². The van der Waals surface area contributed by atoms with Crippen LogP contribution in [-0.2, 0) is 0 Å². The second-order valence-corrected chi connectivity index (χ2v) is 9.33. The molecule has 0 spiro atoms. The van der Waals surface area contributed by atoms with E-state index >= 15 is 0 Å². The van der Waals surface area contributed by atoms with Crippen molar-refractivity contribution in [1.29, 1.82) is 0 Å². The Hall–Kier alpha value is -3.60. The van der Waals surface area contributed by atoms with Gasteiger partial charge in [0.15, 0.2) is 0 Å². The van der Waals surface area contributed by atoms with E-state index in [1.165, 1.54) is 18.3 Å². The summed E-state index contributed by atoms with van der Waals surface area (Å²) in [5, 5.41) is 31.4. The number of benzene rings is 3. The molecule has 1 heterocycles. The first-order valence-corrected chi connectivity index (χ1v) is 12.1. The number of phenolic OH excluding ortho intramolecular Hbond substituents is 1. The van der Waals surface area contributed by atoms with Gasteiger partial charge in [-0.05, 0) is 81.6 Å². The Morgan fingerprint density at radius 2 is 1.49 bits per heavy atom. The van der Waals surface area contributed by atoms with Gasteiger partial charge in [-0.15, -0.1) is 0 Å². The summed E-state index contributed by atoms with van der Waals surface area (Å²) in [5.41, 5.74) is 4.60. The third-order valence-electron chi connectivity index (χ3n) is 4.43. The molecule has 0 saturated heterocycles. The van der Waals surface area contributed by atoms with E-state index in [9.17, 15) is 15.2 Å². The molecule has 0 radical (unpaired) electrons. The molecule has 4 aromatic rings. The van der Waals surface area contributed by atoms with E-state index in [0.717, 1.165) is 9.26 Å². The molecular formula is C22H16I2N8O3. The normalized spacial score (nSPS) is 10.8. The van der Waals surface area contributed by atoms with Gasteiger partial charge in [0.25, 0.3) is 5.69 Å². The van der Waals surface area contributed by atoms with Crippen molar-refractivity contribution in [3.05, 3.63) is 89.5 Å². The second kappa shape index (κ2) is 11.2. The first-order chi connectivity index (χ1) is 16.9. The standard InChI is InChI=1S/C22H16I2N8O3/c23-14-10-13(19(33)18(24)11-14)12-25-31-22-29-20(26-15-4-2-1-3-5-15)28-21(30-22)27-16-6-8-17(9-7-16)32(34)35/h1-12,33H,(H3,26,27,28,29,30,31)/b25-12-. The molecule has 35 heavy (non-hydrogen) atoms. The number of phenols is 1. The number of nitrogens with zero attached hydrogens (tertiary/aromatic N) is 5. The summed E-state index contributed by atoms with van der Waals surface area (Å²) in [4.78, 5) is 23.5. The molecule has 0 aliphatic carbocycles. The lowest BCUT2D eigenvalue weighted by atomic mass is 10.2. The Labute approximate surface area is 226 Å². The zero-order valence-electron chi connectivity index (χ0n) is 17.7. The Morgan fingerprint density at radius 3 is 2.11 bits per heavy atom. The summed E-state index contributed by atoms with van der Waals surface area (Å²) in [6.45, 7) is 0. The number of hydrogen-bond donors (Lipinski definition) is 4. The number of hydrogen-bond acceptors (Lipinski definition) is 10. The molecule has 13 heteroatoms. The first kappa shape index (κ1) is 24.5. The number of non-ortho nitro benzene ring substituents is 1. The molecular weight excluding hydrogens is 678 g/mol. The average molecular weight is 694 g/mol. The number of halogens is 2. The van der Waals surface area contributed by atoms with Crippen LogP contribution in [0.2, 0.25) is 0 Å². The number of aromatic hydroxyl groups is 1. The number of hydrazone groups is 1. The van der Waals surface area contributed by atoms with Crippen molar-refractivity contribution in [2.45, 2.75) is 0 Å². The molecule has 1 aromatic heterocycles. The highest BCUT2D eigenvalue weighted by Gasteiger charge is 2.10. The van der Waals surface area contributed by atoms with Crippen LogP contribution in [0.15, 0.2) is 71.8 Å². The summed E-state index contributed by atoms with van der Waals surface area (Å²) in [7, 11) is 0. The highest BCUT2D eigenvalue weighted by Crippen LogP contribution is 2.26. The smallest absolute Gasteiger partial charge is 0.269 e. The summed E-state index contributed by atoms with van der Waals surface area (Å²) < 4.78 is 1.66. The number of para-hydroxylation sites is 1.